The maximum atomic E-state index is 5.64. The van der Waals surface area contributed by atoms with E-state index < -0.39 is 0 Å². The van der Waals surface area contributed by atoms with Crippen molar-refractivity contribution in [1.29, 1.82) is 0 Å². The zero-order valence-corrected chi connectivity index (χ0v) is 17.6. The molecule has 7 heteroatoms. The maximum absolute atomic E-state index is 5.64. The van der Waals surface area contributed by atoms with Crippen molar-refractivity contribution in [2.75, 3.05) is 46.5 Å². The second kappa shape index (κ2) is 13.2. The Hall–Kier alpha value is -1.09. The highest BCUT2D eigenvalue weighted by Crippen LogP contribution is 2.18. The van der Waals surface area contributed by atoms with Crippen molar-refractivity contribution >= 4 is 29.9 Å². The van der Waals surface area contributed by atoms with Crippen LogP contribution < -0.4 is 10.1 Å². The zero-order chi connectivity index (χ0) is 17.0. The van der Waals surface area contributed by atoms with Gasteiger partial charge in [-0.3, -0.25) is 4.98 Å². The first kappa shape index (κ1) is 22.0. The summed E-state index contributed by atoms with van der Waals surface area (Å²) in [7, 11) is 2.10. The minimum absolute atomic E-state index is 0. The summed E-state index contributed by atoms with van der Waals surface area (Å²) in [6, 6.07) is 3.77. The summed E-state index contributed by atoms with van der Waals surface area (Å²) in [5.41, 5.74) is 0. The molecule has 1 aliphatic rings. The normalized spacial score (nSPS) is 15.4. The molecule has 1 aliphatic heterocycles. The van der Waals surface area contributed by atoms with Crippen molar-refractivity contribution in [3.63, 3.8) is 0 Å². The average molecular weight is 462 g/mol. The minimum Gasteiger partial charge on any atom is -0.490 e. The van der Waals surface area contributed by atoms with E-state index in [4.69, 9.17) is 9.47 Å². The number of aliphatic imine (C=N–C) groups is 1. The third-order valence-electron chi connectivity index (χ3n) is 4.17. The van der Waals surface area contributed by atoms with Gasteiger partial charge in [0.15, 0.2) is 5.96 Å². The Kier molecular flexibility index (Phi) is 11.6. The monoisotopic (exact) mass is 462 g/mol. The Labute approximate surface area is 168 Å². The highest BCUT2D eigenvalue weighted by atomic mass is 127. The molecule has 0 atom stereocenters. The molecule has 0 bridgehead atoms. The number of ether oxygens (including phenoxy) is 2. The summed E-state index contributed by atoms with van der Waals surface area (Å²) in [6.07, 6.45) is 7.01. The molecule has 0 amide bonds. The Balaban J connectivity index is 0.00000312. The van der Waals surface area contributed by atoms with Crippen LogP contribution in [-0.4, -0.2) is 62.3 Å². The van der Waals surface area contributed by atoms with Crippen molar-refractivity contribution in [2.45, 2.75) is 26.2 Å². The van der Waals surface area contributed by atoms with E-state index in [2.05, 4.69) is 34.2 Å². The fraction of sp³-hybridized carbons (Fsp3) is 0.667. The second-order valence-electron chi connectivity index (χ2n) is 6.04. The van der Waals surface area contributed by atoms with E-state index in [-0.39, 0.29) is 24.0 Å². The van der Waals surface area contributed by atoms with Gasteiger partial charge in [-0.15, -0.1) is 24.0 Å². The molecule has 1 aromatic heterocycles. The number of hydrogen-bond donors (Lipinski definition) is 1. The molecule has 6 nitrogen and oxygen atoms in total. The second-order valence-corrected chi connectivity index (χ2v) is 6.04. The number of guanidine groups is 1. The average Bonchev–Trinajstić information content (AvgIpc) is 2.64. The van der Waals surface area contributed by atoms with Crippen LogP contribution in [0.1, 0.15) is 26.2 Å². The molecule has 1 fully saturated rings. The van der Waals surface area contributed by atoms with Crippen LogP contribution in [0, 0.1) is 5.92 Å². The van der Waals surface area contributed by atoms with Gasteiger partial charge in [0, 0.05) is 39.5 Å². The quantitative estimate of drug-likeness (QED) is 0.279. The first-order valence-electron chi connectivity index (χ1n) is 8.89. The third kappa shape index (κ3) is 8.71. The van der Waals surface area contributed by atoms with Gasteiger partial charge in [-0.1, -0.05) is 0 Å². The lowest BCUT2D eigenvalue weighted by Gasteiger charge is -2.26. The Morgan fingerprint density at radius 1 is 1.44 bits per heavy atom. The first-order valence-corrected chi connectivity index (χ1v) is 8.89. The number of rotatable bonds is 8. The van der Waals surface area contributed by atoms with Crippen LogP contribution in [-0.2, 0) is 4.74 Å². The first-order chi connectivity index (χ1) is 11.8. The van der Waals surface area contributed by atoms with E-state index in [0.29, 0.717) is 13.2 Å². The molecular weight excluding hydrogens is 431 g/mol. The molecule has 142 valence electrons. The molecule has 1 N–H and O–H groups in total. The van der Waals surface area contributed by atoms with E-state index in [0.717, 1.165) is 43.9 Å². The van der Waals surface area contributed by atoms with E-state index in [1.807, 2.05) is 12.1 Å². The van der Waals surface area contributed by atoms with Crippen molar-refractivity contribution in [3.05, 3.63) is 24.5 Å². The van der Waals surface area contributed by atoms with Crippen molar-refractivity contribution in [2.24, 2.45) is 10.9 Å². The molecule has 1 saturated heterocycles. The van der Waals surface area contributed by atoms with Crippen LogP contribution in [0.4, 0.5) is 0 Å². The summed E-state index contributed by atoms with van der Waals surface area (Å²) in [4.78, 5) is 10.9. The topological polar surface area (TPSA) is 59.0 Å². The summed E-state index contributed by atoms with van der Waals surface area (Å²) in [5, 5.41) is 3.35. The van der Waals surface area contributed by atoms with Crippen LogP contribution in [0.3, 0.4) is 0 Å². The van der Waals surface area contributed by atoms with Gasteiger partial charge >= 0.3 is 0 Å². The molecular formula is C18H31IN4O2. The van der Waals surface area contributed by atoms with Gasteiger partial charge in [-0.05, 0) is 44.2 Å². The Morgan fingerprint density at radius 2 is 2.24 bits per heavy atom. The minimum atomic E-state index is 0. The lowest BCUT2D eigenvalue weighted by molar-refractivity contribution is 0.0625. The van der Waals surface area contributed by atoms with Gasteiger partial charge in [0.1, 0.15) is 12.4 Å². The molecule has 1 aromatic rings. The lowest BCUT2D eigenvalue weighted by Crippen LogP contribution is -2.40. The van der Waals surface area contributed by atoms with Crippen molar-refractivity contribution in [3.8, 4) is 5.75 Å². The van der Waals surface area contributed by atoms with Crippen LogP contribution in [0.2, 0.25) is 0 Å². The molecule has 2 heterocycles. The van der Waals surface area contributed by atoms with E-state index in [1.165, 1.54) is 19.3 Å². The van der Waals surface area contributed by atoms with E-state index in [1.54, 1.807) is 12.4 Å². The highest BCUT2D eigenvalue weighted by Gasteiger charge is 2.15. The van der Waals surface area contributed by atoms with E-state index >= 15 is 0 Å². The third-order valence-corrected chi connectivity index (χ3v) is 4.17. The predicted octanol–water partition coefficient (Wildman–Crippen LogP) is 2.79. The highest BCUT2D eigenvalue weighted by molar-refractivity contribution is 14.0. The number of halogens is 1. The van der Waals surface area contributed by atoms with Crippen molar-refractivity contribution in [1.82, 2.24) is 15.2 Å². The SMILES string of the molecule is CCNC(=NCCOc1cccnc1)N(C)CCC1CCOCC1.I. The van der Waals surface area contributed by atoms with Crippen LogP contribution in [0.5, 0.6) is 5.75 Å². The van der Waals surface area contributed by atoms with Crippen LogP contribution >= 0.6 is 24.0 Å². The Morgan fingerprint density at radius 3 is 2.92 bits per heavy atom. The van der Waals surface area contributed by atoms with Gasteiger partial charge in [0.25, 0.3) is 0 Å². The smallest absolute Gasteiger partial charge is 0.193 e. The molecule has 0 aliphatic carbocycles. The molecule has 0 spiro atoms. The van der Waals surface area contributed by atoms with Gasteiger partial charge in [-0.2, -0.15) is 0 Å². The van der Waals surface area contributed by atoms with E-state index in [9.17, 15) is 0 Å². The standard InChI is InChI=1S/C18H30N4O2.HI/c1-3-20-18(21-10-14-24-17-5-4-9-19-15-17)22(2)11-6-16-7-12-23-13-8-16;/h4-5,9,15-16H,3,6-8,10-14H2,1-2H3,(H,20,21);1H. The number of hydrogen-bond acceptors (Lipinski definition) is 4. The lowest BCUT2D eigenvalue weighted by atomic mass is 9.96. The van der Waals surface area contributed by atoms with Gasteiger partial charge in [0.05, 0.1) is 12.7 Å². The molecule has 0 saturated carbocycles. The molecule has 0 unspecified atom stereocenters. The molecule has 25 heavy (non-hydrogen) atoms. The number of aromatic nitrogens is 1. The van der Waals surface area contributed by atoms with Gasteiger partial charge in [-0.25, -0.2) is 4.99 Å². The van der Waals surface area contributed by atoms with Crippen molar-refractivity contribution < 1.29 is 9.47 Å². The fourth-order valence-corrected chi connectivity index (χ4v) is 2.73. The van der Waals surface area contributed by atoms with Gasteiger partial charge < -0.3 is 19.7 Å². The zero-order valence-electron chi connectivity index (χ0n) is 15.3. The largest absolute Gasteiger partial charge is 0.490 e. The summed E-state index contributed by atoms with van der Waals surface area (Å²) in [5.74, 6) is 2.50. The van der Waals surface area contributed by atoms with Crippen LogP contribution in [0.25, 0.3) is 0 Å². The maximum Gasteiger partial charge on any atom is 0.193 e. The number of nitrogens with zero attached hydrogens (tertiary/aromatic N) is 3. The fourth-order valence-electron chi connectivity index (χ4n) is 2.73. The number of nitrogens with one attached hydrogen (secondary N) is 1. The predicted molar refractivity (Wildman–Crippen MR) is 112 cm³/mol. The molecule has 0 aromatic carbocycles. The van der Waals surface area contributed by atoms with Crippen LogP contribution in [0.15, 0.2) is 29.5 Å². The molecule has 2 rings (SSSR count). The number of pyridine rings is 1. The summed E-state index contributed by atoms with van der Waals surface area (Å²) in [6.45, 7) is 6.97. The van der Waals surface area contributed by atoms with Gasteiger partial charge in [0.2, 0.25) is 0 Å². The molecule has 0 radical (unpaired) electrons. The Bertz CT molecular complexity index is 481. The summed E-state index contributed by atoms with van der Waals surface area (Å²) < 4.78 is 11.1. The summed E-state index contributed by atoms with van der Waals surface area (Å²) >= 11 is 0.